The third kappa shape index (κ3) is 5.59. The molecule has 0 saturated heterocycles. The molecule has 0 bridgehead atoms. The molecular weight excluding hydrogens is 301 g/mol. The first-order valence-corrected chi connectivity index (χ1v) is 6.82. The molecule has 17 heavy (non-hydrogen) atoms. The van der Waals surface area contributed by atoms with E-state index in [2.05, 4.69) is 15.9 Å². The van der Waals surface area contributed by atoms with Gasteiger partial charge >= 0.3 is 8.03 Å². The van der Waals surface area contributed by atoms with Crippen LogP contribution in [-0.4, -0.2) is 4.89 Å². The summed E-state index contributed by atoms with van der Waals surface area (Å²) in [6.45, 7) is 0. The lowest BCUT2D eigenvalue weighted by molar-refractivity contribution is 0.513. The van der Waals surface area contributed by atoms with Gasteiger partial charge in [-0.1, -0.05) is 34.1 Å². The van der Waals surface area contributed by atoms with Crippen LogP contribution < -0.4 is 11.0 Å². The van der Waals surface area contributed by atoms with Crippen molar-refractivity contribution >= 4 is 34.9 Å². The molecule has 0 fully saturated rings. The smallest absolute Gasteiger partial charge is 0.399 e. The van der Waals surface area contributed by atoms with Gasteiger partial charge in [-0.15, -0.1) is 0 Å². The highest BCUT2D eigenvalue weighted by Gasteiger charge is 2.13. The van der Waals surface area contributed by atoms with E-state index >= 15 is 0 Å². The van der Waals surface area contributed by atoms with Crippen LogP contribution in [0.4, 0.5) is 5.69 Å². The van der Waals surface area contributed by atoms with Gasteiger partial charge in [0, 0.05) is 10.2 Å². The molecule has 0 aliphatic rings. The van der Waals surface area contributed by atoms with Crippen molar-refractivity contribution in [3.8, 4) is 0 Å². The molecule has 1 atom stereocenters. The maximum Gasteiger partial charge on any atom is 0.546 e. The Hall–Kier alpha value is -1.22. The molecule has 0 aliphatic carbocycles. The van der Waals surface area contributed by atoms with E-state index < -0.39 is 8.03 Å². The number of nitrogens with two attached hydrogens (primary N) is 1. The first-order chi connectivity index (χ1) is 8.09. The lowest BCUT2D eigenvalue weighted by Crippen LogP contribution is -1.92. The highest BCUT2D eigenvalue weighted by atomic mass is 79.9. The fourth-order valence-corrected chi connectivity index (χ4v) is 1.69. The minimum absolute atomic E-state index is 0.457. The molecule has 0 aromatic heterocycles. The molecule has 2 aromatic carbocycles. The Balaban J connectivity index is 0.000000181. The van der Waals surface area contributed by atoms with Crippen LogP contribution in [0.1, 0.15) is 0 Å². The fourth-order valence-electron chi connectivity index (χ4n) is 1.02. The molecule has 2 rings (SSSR count). The maximum absolute atomic E-state index is 10.4. The van der Waals surface area contributed by atoms with E-state index in [0.29, 0.717) is 5.30 Å². The van der Waals surface area contributed by atoms with Gasteiger partial charge in [0.05, 0.1) is 0 Å². The molecule has 0 radical (unpaired) electrons. The van der Waals surface area contributed by atoms with E-state index in [4.69, 9.17) is 10.6 Å². The number of hydrogen-bond acceptors (Lipinski definition) is 2. The number of nitrogen functional groups attached to an aromatic ring is 1. The van der Waals surface area contributed by atoms with Crippen molar-refractivity contribution < 1.29 is 9.46 Å². The number of hydrogen-bond donors (Lipinski definition) is 2. The molecule has 0 spiro atoms. The average Bonchev–Trinajstić information content (AvgIpc) is 2.31. The molecule has 1 unspecified atom stereocenters. The van der Waals surface area contributed by atoms with Crippen LogP contribution in [0.15, 0.2) is 59.1 Å². The zero-order valence-corrected chi connectivity index (χ0v) is 11.4. The topological polar surface area (TPSA) is 63.3 Å². The summed E-state index contributed by atoms with van der Waals surface area (Å²) >= 11 is 3.22. The normalized spacial score (nSPS) is 10.1. The van der Waals surface area contributed by atoms with Crippen LogP contribution in [0.5, 0.6) is 0 Å². The Bertz CT molecular complexity index is 474. The summed E-state index contributed by atoms with van der Waals surface area (Å²) in [5.41, 5.74) is 6.18. The van der Waals surface area contributed by atoms with Crippen LogP contribution >= 0.6 is 24.0 Å². The summed E-state index contributed by atoms with van der Waals surface area (Å²) in [6.07, 6.45) is 0. The van der Waals surface area contributed by atoms with Gasteiger partial charge in [0.15, 0.2) is 0 Å². The second kappa shape index (κ2) is 7.17. The number of halogens is 1. The Labute approximate surface area is 109 Å². The summed E-state index contributed by atoms with van der Waals surface area (Å²) in [5.74, 6) is 0. The van der Waals surface area contributed by atoms with Crippen LogP contribution in [0, 0.1) is 0 Å². The molecule has 0 saturated carbocycles. The van der Waals surface area contributed by atoms with Gasteiger partial charge in [-0.3, -0.25) is 0 Å². The molecule has 3 nitrogen and oxygen atoms in total. The number of anilines is 1. The van der Waals surface area contributed by atoms with Crippen molar-refractivity contribution in [1.29, 1.82) is 0 Å². The van der Waals surface area contributed by atoms with Gasteiger partial charge in [-0.25, -0.2) is 0 Å². The Morgan fingerprint density at radius 3 is 1.88 bits per heavy atom. The van der Waals surface area contributed by atoms with E-state index in [1.54, 1.807) is 24.3 Å². The molecule has 0 aliphatic heterocycles. The maximum atomic E-state index is 10.4. The highest BCUT2D eigenvalue weighted by Crippen LogP contribution is 2.14. The van der Waals surface area contributed by atoms with Crippen LogP contribution in [0.2, 0.25) is 0 Å². The first-order valence-electron chi connectivity index (χ1n) is 4.82. The minimum atomic E-state index is -2.18. The molecule has 5 heteroatoms. The fraction of sp³-hybridized carbons (Fsp3) is 0. The van der Waals surface area contributed by atoms with E-state index in [0.717, 1.165) is 10.2 Å². The second-order valence-electron chi connectivity index (χ2n) is 3.16. The molecule has 0 amide bonds. The van der Waals surface area contributed by atoms with E-state index in [9.17, 15) is 4.57 Å². The molecular formula is C12H12BrNO2P+. The summed E-state index contributed by atoms with van der Waals surface area (Å²) in [4.78, 5) is 8.61. The standard InChI is InChI=1S/C6H4BrO2P.C6H7N/c7-5-1-3-6(4-2-5)10(8)9;7-6-4-2-1-3-5-6/h1-4H;1-5H,7H2/p+1. The van der Waals surface area contributed by atoms with Crippen molar-refractivity contribution in [2.45, 2.75) is 0 Å². The Morgan fingerprint density at radius 1 is 1.00 bits per heavy atom. The molecule has 88 valence electrons. The lowest BCUT2D eigenvalue weighted by Gasteiger charge is -1.83. The van der Waals surface area contributed by atoms with Gasteiger partial charge < -0.3 is 5.73 Å². The third-order valence-corrected chi connectivity index (χ3v) is 3.12. The third-order valence-electron chi connectivity index (χ3n) is 1.85. The van der Waals surface area contributed by atoms with Gasteiger partial charge in [0.1, 0.15) is 0 Å². The van der Waals surface area contributed by atoms with Gasteiger partial charge in [-0.05, 0) is 41.0 Å². The van der Waals surface area contributed by atoms with E-state index in [-0.39, 0.29) is 0 Å². The van der Waals surface area contributed by atoms with Crippen molar-refractivity contribution in [2.75, 3.05) is 5.73 Å². The number of para-hydroxylation sites is 1. The second-order valence-corrected chi connectivity index (χ2v) is 5.14. The van der Waals surface area contributed by atoms with Gasteiger partial charge in [0.25, 0.3) is 0 Å². The zero-order valence-electron chi connectivity index (χ0n) is 8.95. The van der Waals surface area contributed by atoms with Gasteiger partial charge in [0.2, 0.25) is 5.30 Å². The van der Waals surface area contributed by atoms with Crippen molar-refractivity contribution in [3.63, 3.8) is 0 Å². The summed E-state index contributed by atoms with van der Waals surface area (Å²) in [6, 6.07) is 16.2. The van der Waals surface area contributed by atoms with Crippen LogP contribution in [0.25, 0.3) is 0 Å². The lowest BCUT2D eigenvalue weighted by atomic mass is 10.3. The van der Waals surface area contributed by atoms with Crippen molar-refractivity contribution in [1.82, 2.24) is 0 Å². The number of benzene rings is 2. The Morgan fingerprint density at radius 2 is 1.53 bits per heavy atom. The van der Waals surface area contributed by atoms with Gasteiger partial charge in [-0.2, -0.15) is 4.89 Å². The average molecular weight is 313 g/mol. The predicted octanol–water partition coefficient (Wildman–Crippen LogP) is 3.08. The van der Waals surface area contributed by atoms with Crippen molar-refractivity contribution in [3.05, 3.63) is 59.1 Å². The zero-order chi connectivity index (χ0) is 12.7. The van der Waals surface area contributed by atoms with Crippen molar-refractivity contribution in [2.24, 2.45) is 0 Å². The largest absolute Gasteiger partial charge is 0.546 e. The molecule has 2 aromatic rings. The predicted molar refractivity (Wildman–Crippen MR) is 74.5 cm³/mol. The summed E-state index contributed by atoms with van der Waals surface area (Å²) < 4.78 is 11.4. The SMILES string of the molecule is Nc1ccccc1.O=[P+](O)c1ccc(Br)cc1. The van der Waals surface area contributed by atoms with E-state index in [1.807, 2.05) is 30.3 Å². The quantitative estimate of drug-likeness (QED) is 0.628. The van der Waals surface area contributed by atoms with E-state index in [1.165, 1.54) is 0 Å². The number of rotatable bonds is 1. The van der Waals surface area contributed by atoms with Crippen LogP contribution in [0.3, 0.4) is 0 Å². The first kappa shape index (κ1) is 13.8. The van der Waals surface area contributed by atoms with Crippen LogP contribution in [-0.2, 0) is 4.57 Å². The summed E-state index contributed by atoms with van der Waals surface area (Å²) in [5, 5.41) is 0.457. The highest BCUT2D eigenvalue weighted by molar-refractivity contribution is 9.10. The monoisotopic (exact) mass is 312 g/mol. The molecule has 3 N–H and O–H groups in total. The Kier molecular flexibility index (Phi) is 5.84. The molecule has 0 heterocycles. The summed E-state index contributed by atoms with van der Waals surface area (Å²) in [7, 11) is -2.18. The minimum Gasteiger partial charge on any atom is -0.399 e.